The van der Waals surface area contributed by atoms with Gasteiger partial charge in [-0.25, -0.2) is 0 Å². The number of fused-ring (bicyclic) bond motifs is 1. The maximum absolute atomic E-state index is 11.0. The van der Waals surface area contributed by atoms with Crippen LogP contribution in [0.4, 0.5) is 0 Å². The Morgan fingerprint density at radius 1 is 1.10 bits per heavy atom. The van der Waals surface area contributed by atoms with E-state index >= 15 is 0 Å². The van der Waals surface area contributed by atoms with Crippen molar-refractivity contribution in [2.45, 2.75) is 0 Å². The first-order valence-corrected chi connectivity index (χ1v) is 3.45. The van der Waals surface area contributed by atoms with Crippen molar-refractivity contribution < 1.29 is 4.79 Å². The molecule has 0 aliphatic heterocycles. The molecule has 0 heterocycles. The molecule has 0 saturated carbocycles. The Hall–Kier alpha value is -1.11. The van der Waals surface area contributed by atoms with E-state index in [1.807, 2.05) is 24.3 Å². The van der Waals surface area contributed by atoms with Gasteiger partial charge in [-0.05, 0) is 6.08 Å². The molecule has 0 amide bonds. The van der Waals surface area contributed by atoms with Crippen LogP contribution >= 0.6 is 0 Å². The fraction of sp³-hybridized carbons (Fsp3) is 0.222. The molecule has 1 nitrogen and oxygen atoms in total. The molecule has 2 atom stereocenters. The van der Waals surface area contributed by atoms with E-state index in [2.05, 4.69) is 6.08 Å². The van der Waals surface area contributed by atoms with Gasteiger partial charge in [-0.1, -0.05) is 30.4 Å². The van der Waals surface area contributed by atoms with Gasteiger partial charge in [0, 0.05) is 11.8 Å². The largest absolute Gasteiger partial charge is 0.294 e. The van der Waals surface area contributed by atoms with E-state index in [1.54, 1.807) is 6.08 Å². The summed E-state index contributed by atoms with van der Waals surface area (Å²) < 4.78 is 0. The van der Waals surface area contributed by atoms with Gasteiger partial charge in [-0.3, -0.25) is 4.79 Å². The highest BCUT2D eigenvalue weighted by Gasteiger charge is 2.26. The van der Waals surface area contributed by atoms with Gasteiger partial charge in [0.05, 0.1) is 0 Å². The number of hydrogen-bond donors (Lipinski definition) is 0. The molecule has 1 heteroatoms. The first-order valence-electron chi connectivity index (χ1n) is 3.45. The minimum absolute atomic E-state index is 0.116. The lowest BCUT2D eigenvalue weighted by Gasteiger charge is -2.11. The summed E-state index contributed by atoms with van der Waals surface area (Å²) in [6.45, 7) is 0. The Bertz CT molecular complexity index is 243. The van der Waals surface area contributed by atoms with Crippen LogP contribution < -0.4 is 0 Å². The Balaban J connectivity index is 2.34. The predicted octanol–water partition coefficient (Wildman–Crippen LogP) is 1.48. The van der Waals surface area contributed by atoms with E-state index in [1.165, 1.54) is 0 Å². The highest BCUT2D eigenvalue weighted by molar-refractivity contribution is 5.96. The first kappa shape index (κ1) is 5.66. The highest BCUT2D eigenvalue weighted by atomic mass is 16.1. The number of ketones is 1. The summed E-state index contributed by atoms with van der Waals surface area (Å²) in [7, 11) is 0. The van der Waals surface area contributed by atoms with Crippen LogP contribution in [-0.2, 0) is 4.79 Å². The molecule has 50 valence electrons. The van der Waals surface area contributed by atoms with Crippen molar-refractivity contribution in [2.75, 3.05) is 0 Å². The van der Waals surface area contributed by atoms with Crippen molar-refractivity contribution in [3.05, 3.63) is 36.5 Å². The second kappa shape index (κ2) is 1.94. The molecule has 0 aromatic carbocycles. The standard InChI is InChI=1S/C9H8O/c10-9-6-5-7-3-1-2-4-8(7)9/h1-8H. The van der Waals surface area contributed by atoms with E-state index in [9.17, 15) is 4.79 Å². The van der Waals surface area contributed by atoms with Crippen LogP contribution in [0.2, 0.25) is 0 Å². The Morgan fingerprint density at radius 3 is 2.70 bits per heavy atom. The maximum Gasteiger partial charge on any atom is 0.163 e. The Kier molecular flexibility index (Phi) is 1.10. The molecule has 0 N–H and O–H groups in total. The summed E-state index contributed by atoms with van der Waals surface area (Å²) in [4.78, 5) is 11.0. The van der Waals surface area contributed by atoms with E-state index in [4.69, 9.17) is 0 Å². The fourth-order valence-electron chi connectivity index (χ4n) is 1.41. The van der Waals surface area contributed by atoms with Crippen molar-refractivity contribution in [1.82, 2.24) is 0 Å². The van der Waals surface area contributed by atoms with Crippen molar-refractivity contribution in [1.29, 1.82) is 0 Å². The fourth-order valence-corrected chi connectivity index (χ4v) is 1.41. The second-order valence-corrected chi connectivity index (χ2v) is 2.63. The first-order chi connectivity index (χ1) is 4.88. The normalized spacial score (nSPS) is 35.0. The second-order valence-electron chi connectivity index (χ2n) is 2.63. The molecule has 0 aromatic rings. The molecule has 0 radical (unpaired) electrons. The maximum atomic E-state index is 11.0. The molecular formula is C9H8O. The smallest absolute Gasteiger partial charge is 0.163 e. The van der Waals surface area contributed by atoms with Crippen molar-refractivity contribution in [2.24, 2.45) is 11.8 Å². The summed E-state index contributed by atoms with van der Waals surface area (Å²) in [6, 6.07) is 0. The van der Waals surface area contributed by atoms with Gasteiger partial charge in [-0.15, -0.1) is 0 Å². The van der Waals surface area contributed by atoms with Gasteiger partial charge in [-0.2, -0.15) is 0 Å². The monoisotopic (exact) mass is 132 g/mol. The number of allylic oxidation sites excluding steroid dienone is 6. The quantitative estimate of drug-likeness (QED) is 0.488. The van der Waals surface area contributed by atoms with Crippen molar-refractivity contribution >= 4 is 5.78 Å². The summed E-state index contributed by atoms with van der Waals surface area (Å²) in [6.07, 6.45) is 11.6. The highest BCUT2D eigenvalue weighted by Crippen LogP contribution is 2.27. The van der Waals surface area contributed by atoms with Crippen LogP contribution in [-0.4, -0.2) is 5.78 Å². The molecule has 2 rings (SSSR count). The lowest BCUT2D eigenvalue weighted by molar-refractivity contribution is -0.116. The van der Waals surface area contributed by atoms with Crippen LogP contribution in [0.3, 0.4) is 0 Å². The average Bonchev–Trinajstić information content (AvgIpc) is 2.34. The van der Waals surface area contributed by atoms with Crippen molar-refractivity contribution in [3.8, 4) is 0 Å². The minimum Gasteiger partial charge on any atom is -0.294 e. The summed E-state index contributed by atoms with van der Waals surface area (Å²) in [5.41, 5.74) is 0. The van der Waals surface area contributed by atoms with E-state index < -0.39 is 0 Å². The zero-order chi connectivity index (χ0) is 6.97. The summed E-state index contributed by atoms with van der Waals surface area (Å²) in [5, 5.41) is 0. The van der Waals surface area contributed by atoms with E-state index in [0.29, 0.717) is 5.92 Å². The average molecular weight is 132 g/mol. The predicted molar refractivity (Wildman–Crippen MR) is 39.4 cm³/mol. The van der Waals surface area contributed by atoms with E-state index in [-0.39, 0.29) is 11.7 Å². The van der Waals surface area contributed by atoms with Crippen molar-refractivity contribution in [3.63, 3.8) is 0 Å². The number of carbonyl (C=O) groups is 1. The third-order valence-corrected chi connectivity index (χ3v) is 1.99. The number of carbonyl (C=O) groups excluding carboxylic acids is 1. The molecule has 0 saturated heterocycles. The minimum atomic E-state index is 0.116. The van der Waals surface area contributed by atoms with Gasteiger partial charge in [0.1, 0.15) is 0 Å². The summed E-state index contributed by atoms with van der Waals surface area (Å²) in [5.74, 6) is 0.702. The molecule has 0 fully saturated rings. The van der Waals surface area contributed by atoms with E-state index in [0.717, 1.165) is 0 Å². The third-order valence-electron chi connectivity index (χ3n) is 1.99. The topological polar surface area (TPSA) is 17.1 Å². The number of rotatable bonds is 0. The van der Waals surface area contributed by atoms with Gasteiger partial charge in [0.2, 0.25) is 0 Å². The lowest BCUT2D eigenvalue weighted by Crippen LogP contribution is -2.12. The number of hydrogen-bond acceptors (Lipinski definition) is 1. The van der Waals surface area contributed by atoms with Crippen LogP contribution in [0.25, 0.3) is 0 Å². The van der Waals surface area contributed by atoms with Crippen LogP contribution in [0, 0.1) is 11.8 Å². The van der Waals surface area contributed by atoms with Gasteiger partial charge in [0.25, 0.3) is 0 Å². The Labute approximate surface area is 59.7 Å². The van der Waals surface area contributed by atoms with Crippen LogP contribution in [0.1, 0.15) is 0 Å². The molecular weight excluding hydrogens is 124 g/mol. The Morgan fingerprint density at radius 2 is 1.90 bits per heavy atom. The molecule has 0 spiro atoms. The zero-order valence-electron chi connectivity index (χ0n) is 5.53. The molecule has 2 unspecified atom stereocenters. The molecule has 2 aliphatic carbocycles. The molecule has 2 aliphatic rings. The van der Waals surface area contributed by atoms with Crippen LogP contribution in [0.15, 0.2) is 36.5 Å². The molecule has 10 heavy (non-hydrogen) atoms. The zero-order valence-corrected chi connectivity index (χ0v) is 5.53. The molecule has 0 bridgehead atoms. The molecule has 0 aromatic heterocycles. The lowest BCUT2D eigenvalue weighted by atomic mass is 9.91. The van der Waals surface area contributed by atoms with Crippen LogP contribution in [0.5, 0.6) is 0 Å². The van der Waals surface area contributed by atoms with Gasteiger partial charge >= 0.3 is 0 Å². The third kappa shape index (κ3) is 0.670. The van der Waals surface area contributed by atoms with Gasteiger partial charge in [0.15, 0.2) is 5.78 Å². The summed E-state index contributed by atoms with van der Waals surface area (Å²) >= 11 is 0. The van der Waals surface area contributed by atoms with Gasteiger partial charge < -0.3 is 0 Å². The SMILES string of the molecule is O=C1C=CC2C=CC=CC12.